The SMILES string of the molecule is CN=C(NCCc1ncc(C)s1)NCc1ccc(C)cc1OCCCOC.I. The number of benzene rings is 1. The van der Waals surface area contributed by atoms with Crippen LogP contribution in [-0.2, 0) is 17.7 Å². The summed E-state index contributed by atoms with van der Waals surface area (Å²) in [5, 5.41) is 7.83. The quantitative estimate of drug-likeness (QED) is 0.217. The van der Waals surface area contributed by atoms with Crippen LogP contribution in [0, 0.1) is 13.8 Å². The van der Waals surface area contributed by atoms with Crippen LogP contribution in [0.2, 0.25) is 0 Å². The van der Waals surface area contributed by atoms with E-state index in [0.29, 0.717) is 19.8 Å². The van der Waals surface area contributed by atoms with Crippen LogP contribution in [0.4, 0.5) is 0 Å². The van der Waals surface area contributed by atoms with Gasteiger partial charge in [-0.2, -0.15) is 0 Å². The fraction of sp³-hybridized carbons (Fsp3) is 0.500. The van der Waals surface area contributed by atoms with Gasteiger partial charge in [0, 0.05) is 63.3 Å². The molecule has 0 radical (unpaired) electrons. The van der Waals surface area contributed by atoms with E-state index < -0.39 is 0 Å². The Kier molecular flexibility index (Phi) is 12.1. The van der Waals surface area contributed by atoms with Gasteiger partial charge in [-0.1, -0.05) is 12.1 Å². The van der Waals surface area contributed by atoms with E-state index in [2.05, 4.69) is 52.7 Å². The Bertz CT molecular complexity index is 737. The van der Waals surface area contributed by atoms with Crippen LogP contribution in [0.3, 0.4) is 0 Å². The summed E-state index contributed by atoms with van der Waals surface area (Å²) in [6.07, 6.45) is 3.67. The molecular weight excluding hydrogens is 487 g/mol. The number of nitrogens with zero attached hydrogens (tertiary/aromatic N) is 2. The van der Waals surface area contributed by atoms with Crippen molar-refractivity contribution in [2.45, 2.75) is 33.2 Å². The van der Waals surface area contributed by atoms with Crippen LogP contribution in [-0.4, -0.2) is 44.9 Å². The van der Waals surface area contributed by atoms with Crippen molar-refractivity contribution in [1.82, 2.24) is 15.6 Å². The minimum absolute atomic E-state index is 0. The number of thiazole rings is 1. The zero-order chi connectivity index (χ0) is 19.5. The molecule has 2 N–H and O–H groups in total. The summed E-state index contributed by atoms with van der Waals surface area (Å²) in [6, 6.07) is 6.27. The molecule has 1 aromatic carbocycles. The first-order valence-electron chi connectivity index (χ1n) is 9.19. The molecular formula is C20H31IN4O2S. The van der Waals surface area contributed by atoms with Gasteiger partial charge in [-0.15, -0.1) is 35.3 Å². The number of aliphatic imine (C=N–C) groups is 1. The lowest BCUT2D eigenvalue weighted by atomic mass is 10.1. The molecule has 28 heavy (non-hydrogen) atoms. The second-order valence-corrected chi connectivity index (χ2v) is 7.59. The van der Waals surface area contributed by atoms with Gasteiger partial charge in [-0.25, -0.2) is 4.98 Å². The highest BCUT2D eigenvalue weighted by Gasteiger charge is 2.06. The van der Waals surface area contributed by atoms with Crippen molar-refractivity contribution in [2.24, 2.45) is 4.99 Å². The van der Waals surface area contributed by atoms with Crippen LogP contribution in [0.25, 0.3) is 0 Å². The number of hydrogen-bond acceptors (Lipinski definition) is 5. The second kappa shape index (κ2) is 13.7. The first-order valence-corrected chi connectivity index (χ1v) is 10.0. The first-order chi connectivity index (χ1) is 13.1. The molecule has 0 aliphatic carbocycles. The summed E-state index contributed by atoms with van der Waals surface area (Å²) < 4.78 is 11.0. The molecule has 1 heterocycles. The van der Waals surface area contributed by atoms with Crippen molar-refractivity contribution in [3.63, 3.8) is 0 Å². The normalized spacial score (nSPS) is 11.1. The average molecular weight is 518 g/mol. The van der Waals surface area contributed by atoms with Crippen molar-refractivity contribution in [1.29, 1.82) is 0 Å². The molecule has 156 valence electrons. The Morgan fingerprint density at radius 2 is 2.04 bits per heavy atom. The van der Waals surface area contributed by atoms with E-state index in [1.807, 2.05) is 6.20 Å². The van der Waals surface area contributed by atoms with Gasteiger partial charge in [0.1, 0.15) is 5.75 Å². The largest absolute Gasteiger partial charge is 0.493 e. The molecule has 0 aliphatic rings. The van der Waals surface area contributed by atoms with E-state index in [1.165, 1.54) is 10.4 Å². The number of halogens is 1. The summed E-state index contributed by atoms with van der Waals surface area (Å²) >= 11 is 1.73. The fourth-order valence-electron chi connectivity index (χ4n) is 2.53. The predicted octanol–water partition coefficient (Wildman–Crippen LogP) is 3.70. The van der Waals surface area contributed by atoms with Crippen molar-refractivity contribution in [3.05, 3.63) is 45.4 Å². The van der Waals surface area contributed by atoms with Crippen LogP contribution in [0.5, 0.6) is 5.75 Å². The summed E-state index contributed by atoms with van der Waals surface area (Å²) in [5.41, 5.74) is 2.29. The zero-order valence-electron chi connectivity index (χ0n) is 17.1. The van der Waals surface area contributed by atoms with Crippen molar-refractivity contribution >= 4 is 41.3 Å². The van der Waals surface area contributed by atoms with Crippen LogP contribution < -0.4 is 15.4 Å². The Labute approximate surface area is 189 Å². The smallest absolute Gasteiger partial charge is 0.191 e. The Hall–Kier alpha value is -1.39. The molecule has 0 saturated heterocycles. The molecule has 0 amide bonds. The van der Waals surface area contributed by atoms with Gasteiger partial charge in [0.15, 0.2) is 5.96 Å². The second-order valence-electron chi connectivity index (χ2n) is 6.27. The first kappa shape index (κ1) is 24.6. The molecule has 0 fully saturated rings. The maximum atomic E-state index is 5.94. The fourth-order valence-corrected chi connectivity index (χ4v) is 3.32. The van der Waals surface area contributed by atoms with E-state index in [1.54, 1.807) is 25.5 Å². The maximum Gasteiger partial charge on any atom is 0.191 e. The summed E-state index contributed by atoms with van der Waals surface area (Å²) in [4.78, 5) is 9.92. The lowest BCUT2D eigenvalue weighted by Gasteiger charge is -2.15. The number of aromatic nitrogens is 1. The van der Waals surface area contributed by atoms with Crippen molar-refractivity contribution in [2.75, 3.05) is 33.9 Å². The van der Waals surface area contributed by atoms with Crippen molar-refractivity contribution in [3.8, 4) is 5.75 Å². The predicted molar refractivity (Wildman–Crippen MR) is 127 cm³/mol. The van der Waals surface area contributed by atoms with Gasteiger partial charge in [0.25, 0.3) is 0 Å². The maximum absolute atomic E-state index is 5.94. The Morgan fingerprint density at radius 3 is 2.71 bits per heavy atom. The number of methoxy groups -OCH3 is 1. The van der Waals surface area contributed by atoms with Gasteiger partial charge in [-0.3, -0.25) is 4.99 Å². The molecule has 0 aliphatic heterocycles. The summed E-state index contributed by atoms with van der Waals surface area (Å²) in [5.74, 6) is 1.68. The molecule has 6 nitrogen and oxygen atoms in total. The number of ether oxygens (including phenoxy) is 2. The van der Waals surface area contributed by atoms with E-state index >= 15 is 0 Å². The van der Waals surface area contributed by atoms with E-state index in [0.717, 1.165) is 41.7 Å². The van der Waals surface area contributed by atoms with Gasteiger partial charge < -0.3 is 20.1 Å². The molecule has 2 aromatic rings. The minimum Gasteiger partial charge on any atom is -0.493 e. The van der Waals surface area contributed by atoms with E-state index in [-0.39, 0.29) is 24.0 Å². The molecule has 2 rings (SSSR count). The number of guanidine groups is 1. The minimum atomic E-state index is 0. The number of rotatable bonds is 10. The third-order valence-electron chi connectivity index (χ3n) is 3.94. The molecule has 0 spiro atoms. The van der Waals surface area contributed by atoms with E-state index in [4.69, 9.17) is 9.47 Å². The third-order valence-corrected chi connectivity index (χ3v) is 4.92. The Morgan fingerprint density at radius 1 is 1.21 bits per heavy atom. The van der Waals surface area contributed by atoms with Crippen LogP contribution >= 0.6 is 35.3 Å². The summed E-state index contributed by atoms with van der Waals surface area (Å²) in [6.45, 7) is 6.93. The van der Waals surface area contributed by atoms with Crippen LogP contribution in [0.1, 0.15) is 27.4 Å². The van der Waals surface area contributed by atoms with Crippen LogP contribution in [0.15, 0.2) is 29.4 Å². The van der Waals surface area contributed by atoms with Gasteiger partial charge >= 0.3 is 0 Å². The average Bonchev–Trinajstić information content (AvgIpc) is 3.08. The highest BCUT2D eigenvalue weighted by molar-refractivity contribution is 14.0. The molecule has 0 saturated carbocycles. The monoisotopic (exact) mass is 518 g/mol. The Balaban J connectivity index is 0.00000392. The van der Waals surface area contributed by atoms with Crippen molar-refractivity contribution < 1.29 is 9.47 Å². The van der Waals surface area contributed by atoms with Gasteiger partial charge in [0.05, 0.1) is 11.6 Å². The lowest BCUT2D eigenvalue weighted by Crippen LogP contribution is -2.37. The molecule has 1 aromatic heterocycles. The number of nitrogens with one attached hydrogen (secondary N) is 2. The number of hydrogen-bond donors (Lipinski definition) is 2. The van der Waals surface area contributed by atoms with E-state index in [9.17, 15) is 0 Å². The molecule has 0 bridgehead atoms. The standard InChI is InChI=1S/C20H30N4O2S.HI/c1-15-6-7-17(18(12-15)26-11-5-10-25-4)14-24-20(21-3)22-9-8-19-23-13-16(2)27-19;/h6-7,12-13H,5,8-11,14H2,1-4H3,(H2,21,22,24);1H. The highest BCUT2D eigenvalue weighted by atomic mass is 127. The molecule has 0 atom stereocenters. The summed E-state index contributed by atoms with van der Waals surface area (Å²) in [7, 11) is 3.48. The molecule has 8 heteroatoms. The topological polar surface area (TPSA) is 67.8 Å². The van der Waals surface area contributed by atoms with Gasteiger partial charge in [0.2, 0.25) is 0 Å². The zero-order valence-corrected chi connectivity index (χ0v) is 20.2. The van der Waals surface area contributed by atoms with Gasteiger partial charge in [-0.05, 0) is 25.5 Å². The lowest BCUT2D eigenvalue weighted by molar-refractivity contribution is 0.172. The number of aryl methyl sites for hydroxylation is 2. The molecule has 0 unspecified atom stereocenters. The highest BCUT2D eigenvalue weighted by Crippen LogP contribution is 2.20. The third kappa shape index (κ3) is 8.74.